The fraction of sp³-hybridized carbons (Fsp3) is 0.200. The Hall–Kier alpha value is -2.20. The van der Waals surface area contributed by atoms with E-state index in [-0.39, 0.29) is 11.9 Å². The average Bonchev–Trinajstić information content (AvgIpc) is 2.76. The average molecular weight is 254 g/mol. The van der Waals surface area contributed by atoms with Crippen molar-refractivity contribution >= 4 is 5.91 Å². The number of aliphatic hydroxyl groups excluding tert-OH is 1. The summed E-state index contributed by atoms with van der Waals surface area (Å²) < 4.78 is 0. The molecule has 0 fully saturated rings. The molecule has 4 nitrogen and oxygen atoms in total. The van der Waals surface area contributed by atoms with Crippen molar-refractivity contribution in [2.24, 2.45) is 0 Å². The first-order valence-corrected chi connectivity index (χ1v) is 6.23. The van der Waals surface area contributed by atoms with Crippen molar-refractivity contribution in [2.75, 3.05) is 0 Å². The van der Waals surface area contributed by atoms with Gasteiger partial charge in [0.1, 0.15) is 5.69 Å². The highest BCUT2D eigenvalue weighted by Crippen LogP contribution is 2.31. The number of benzene rings is 1. The van der Waals surface area contributed by atoms with Crippen LogP contribution in [0.1, 0.15) is 27.7 Å². The SMILES string of the molecule is O=C(N[C@H]1c2ccccc2C[C@H]1O)c1ccccn1. The number of nitrogens with zero attached hydrogens (tertiary/aromatic N) is 1. The molecule has 1 amide bonds. The lowest BCUT2D eigenvalue weighted by atomic mass is 10.1. The molecule has 0 saturated heterocycles. The lowest BCUT2D eigenvalue weighted by molar-refractivity contribution is 0.0853. The molecule has 1 aliphatic rings. The lowest BCUT2D eigenvalue weighted by Gasteiger charge is -2.17. The molecule has 3 rings (SSSR count). The number of aliphatic hydroxyl groups is 1. The summed E-state index contributed by atoms with van der Waals surface area (Å²) in [5.41, 5.74) is 2.43. The van der Waals surface area contributed by atoms with Crippen LogP contribution in [-0.2, 0) is 6.42 Å². The number of aromatic nitrogens is 1. The molecule has 0 aliphatic heterocycles. The molecule has 0 unspecified atom stereocenters. The topological polar surface area (TPSA) is 62.2 Å². The highest BCUT2D eigenvalue weighted by molar-refractivity contribution is 5.92. The first-order chi connectivity index (χ1) is 9.25. The van der Waals surface area contributed by atoms with Gasteiger partial charge in [0.05, 0.1) is 12.1 Å². The van der Waals surface area contributed by atoms with Crippen LogP contribution in [0.2, 0.25) is 0 Å². The number of hydrogen-bond acceptors (Lipinski definition) is 3. The molecule has 2 aromatic rings. The van der Waals surface area contributed by atoms with Crippen molar-refractivity contribution in [3.05, 3.63) is 65.5 Å². The first kappa shape index (κ1) is 11.9. The molecule has 1 heterocycles. The van der Waals surface area contributed by atoms with E-state index in [1.54, 1.807) is 24.4 Å². The Labute approximate surface area is 111 Å². The van der Waals surface area contributed by atoms with Crippen LogP contribution in [0.3, 0.4) is 0 Å². The van der Waals surface area contributed by atoms with Gasteiger partial charge in [0, 0.05) is 12.6 Å². The Bertz CT molecular complexity index is 598. The predicted octanol–water partition coefficient (Wildman–Crippen LogP) is 1.47. The minimum absolute atomic E-state index is 0.263. The number of carbonyl (C=O) groups is 1. The standard InChI is InChI=1S/C15H14N2O2/c18-13-9-10-5-1-2-6-11(10)14(13)17-15(19)12-7-3-4-8-16-12/h1-8,13-14,18H,9H2,(H,17,19)/t13-,14+/m1/s1. The Morgan fingerprint density at radius 1 is 1.21 bits per heavy atom. The third-order valence-electron chi connectivity index (χ3n) is 3.39. The number of hydrogen-bond donors (Lipinski definition) is 2. The largest absolute Gasteiger partial charge is 0.390 e. The third kappa shape index (κ3) is 2.22. The van der Waals surface area contributed by atoms with Crippen molar-refractivity contribution < 1.29 is 9.90 Å². The fourth-order valence-electron chi connectivity index (χ4n) is 2.46. The minimum atomic E-state index is -0.579. The van der Waals surface area contributed by atoms with Gasteiger partial charge < -0.3 is 10.4 Å². The number of amides is 1. The Kier molecular flexibility index (Phi) is 3.01. The van der Waals surface area contributed by atoms with Crippen LogP contribution >= 0.6 is 0 Å². The van der Waals surface area contributed by atoms with E-state index in [4.69, 9.17) is 0 Å². The molecule has 1 aliphatic carbocycles. The van der Waals surface area contributed by atoms with Crippen LogP contribution < -0.4 is 5.32 Å². The van der Waals surface area contributed by atoms with E-state index in [1.807, 2.05) is 24.3 Å². The van der Waals surface area contributed by atoms with E-state index < -0.39 is 6.10 Å². The maximum atomic E-state index is 12.1. The predicted molar refractivity (Wildman–Crippen MR) is 70.6 cm³/mol. The second-order valence-corrected chi connectivity index (χ2v) is 4.64. The van der Waals surface area contributed by atoms with E-state index in [0.29, 0.717) is 12.1 Å². The van der Waals surface area contributed by atoms with Crippen LogP contribution in [0, 0.1) is 0 Å². The van der Waals surface area contributed by atoms with Crippen molar-refractivity contribution in [3.8, 4) is 0 Å². The zero-order chi connectivity index (χ0) is 13.2. The molecule has 0 spiro atoms. The van der Waals surface area contributed by atoms with Gasteiger partial charge in [0.15, 0.2) is 0 Å². The Morgan fingerprint density at radius 2 is 2.00 bits per heavy atom. The molecule has 0 radical (unpaired) electrons. The normalized spacial score (nSPS) is 20.9. The number of fused-ring (bicyclic) bond motifs is 1. The number of nitrogens with one attached hydrogen (secondary N) is 1. The van der Waals surface area contributed by atoms with Gasteiger partial charge in [-0.3, -0.25) is 9.78 Å². The molecule has 1 aromatic heterocycles. The molecule has 0 bridgehead atoms. The summed E-state index contributed by atoms with van der Waals surface area (Å²) in [5, 5.41) is 12.9. The van der Waals surface area contributed by atoms with Crippen LogP contribution in [-0.4, -0.2) is 22.1 Å². The van der Waals surface area contributed by atoms with Gasteiger partial charge in [-0.25, -0.2) is 0 Å². The lowest BCUT2D eigenvalue weighted by Crippen LogP contribution is -2.34. The molecule has 4 heteroatoms. The van der Waals surface area contributed by atoms with E-state index in [2.05, 4.69) is 10.3 Å². The second-order valence-electron chi connectivity index (χ2n) is 4.64. The summed E-state index contributed by atoms with van der Waals surface area (Å²) in [4.78, 5) is 16.1. The molecule has 0 saturated carbocycles. The number of pyridine rings is 1. The summed E-state index contributed by atoms with van der Waals surface area (Å²) in [5.74, 6) is -0.263. The van der Waals surface area contributed by atoms with E-state index in [1.165, 1.54) is 0 Å². The van der Waals surface area contributed by atoms with Gasteiger partial charge in [0.25, 0.3) is 5.91 Å². The quantitative estimate of drug-likeness (QED) is 0.853. The summed E-state index contributed by atoms with van der Waals surface area (Å²) in [7, 11) is 0. The maximum absolute atomic E-state index is 12.1. The number of carbonyl (C=O) groups excluding carboxylic acids is 1. The molecule has 2 N–H and O–H groups in total. The monoisotopic (exact) mass is 254 g/mol. The first-order valence-electron chi connectivity index (χ1n) is 6.23. The maximum Gasteiger partial charge on any atom is 0.270 e. The highest BCUT2D eigenvalue weighted by atomic mass is 16.3. The van der Waals surface area contributed by atoms with Gasteiger partial charge >= 0.3 is 0 Å². The fourth-order valence-corrected chi connectivity index (χ4v) is 2.46. The van der Waals surface area contributed by atoms with Crippen molar-refractivity contribution in [2.45, 2.75) is 18.6 Å². The van der Waals surface area contributed by atoms with Gasteiger partial charge in [-0.15, -0.1) is 0 Å². The van der Waals surface area contributed by atoms with Crippen LogP contribution in [0.15, 0.2) is 48.7 Å². The number of rotatable bonds is 2. The van der Waals surface area contributed by atoms with E-state index >= 15 is 0 Å². The smallest absolute Gasteiger partial charge is 0.270 e. The molecule has 19 heavy (non-hydrogen) atoms. The molecule has 1 aromatic carbocycles. The van der Waals surface area contributed by atoms with Crippen molar-refractivity contribution in [1.29, 1.82) is 0 Å². The zero-order valence-corrected chi connectivity index (χ0v) is 10.3. The van der Waals surface area contributed by atoms with Gasteiger partial charge in [-0.2, -0.15) is 0 Å². The van der Waals surface area contributed by atoms with Crippen molar-refractivity contribution in [3.63, 3.8) is 0 Å². The van der Waals surface area contributed by atoms with Crippen molar-refractivity contribution in [1.82, 2.24) is 10.3 Å². The summed E-state index contributed by atoms with van der Waals surface area (Å²) in [6.07, 6.45) is 1.57. The zero-order valence-electron chi connectivity index (χ0n) is 10.3. The minimum Gasteiger partial charge on any atom is -0.390 e. The third-order valence-corrected chi connectivity index (χ3v) is 3.39. The van der Waals surface area contributed by atoms with E-state index in [0.717, 1.165) is 11.1 Å². The van der Waals surface area contributed by atoms with Crippen LogP contribution in [0.4, 0.5) is 0 Å². The second kappa shape index (κ2) is 4.82. The molecular formula is C15H14N2O2. The summed E-state index contributed by atoms with van der Waals surface area (Å²) in [6, 6.07) is 12.6. The Morgan fingerprint density at radius 3 is 2.79 bits per heavy atom. The van der Waals surface area contributed by atoms with Gasteiger partial charge in [0.2, 0.25) is 0 Å². The van der Waals surface area contributed by atoms with E-state index in [9.17, 15) is 9.90 Å². The molecule has 2 atom stereocenters. The summed E-state index contributed by atoms with van der Waals surface area (Å²) >= 11 is 0. The van der Waals surface area contributed by atoms with Crippen LogP contribution in [0.25, 0.3) is 0 Å². The Balaban J connectivity index is 1.82. The molecule has 96 valence electrons. The highest BCUT2D eigenvalue weighted by Gasteiger charge is 2.32. The molecular weight excluding hydrogens is 240 g/mol. The van der Waals surface area contributed by atoms with Gasteiger partial charge in [-0.1, -0.05) is 30.3 Å². The van der Waals surface area contributed by atoms with Crippen LogP contribution in [0.5, 0.6) is 0 Å². The van der Waals surface area contributed by atoms with Gasteiger partial charge in [-0.05, 0) is 23.3 Å². The summed E-state index contributed by atoms with van der Waals surface area (Å²) in [6.45, 7) is 0.